The first-order valence-electron chi connectivity index (χ1n) is 6.01. The van der Waals surface area contributed by atoms with Crippen molar-refractivity contribution in [3.05, 3.63) is 22.7 Å². The zero-order valence-electron chi connectivity index (χ0n) is 11.8. The van der Waals surface area contributed by atoms with Gasteiger partial charge >= 0.3 is 18.5 Å². The molecule has 1 rings (SSSR count). The summed E-state index contributed by atoms with van der Waals surface area (Å²) in [4.78, 5) is 10.8. The Morgan fingerprint density at radius 1 is 1.12 bits per heavy atom. The van der Waals surface area contributed by atoms with E-state index in [4.69, 9.17) is 11.6 Å². The fraction of sp³-hybridized carbons (Fsp3) is 0.417. The molecule has 142 valence electrons. The molecular formula is C12H7ClF9NO2. The minimum atomic E-state index is -6.09. The minimum absolute atomic E-state index is 0.0967. The summed E-state index contributed by atoms with van der Waals surface area (Å²) in [5, 5.41) is 0.660. The molecule has 25 heavy (non-hydrogen) atoms. The molecule has 1 aromatic carbocycles. The molecule has 0 bridgehead atoms. The summed E-state index contributed by atoms with van der Waals surface area (Å²) in [6.45, 7) is 0.913. The molecule has 1 atom stereocenters. The number of halogens is 10. The van der Waals surface area contributed by atoms with Gasteiger partial charge < -0.3 is 10.1 Å². The van der Waals surface area contributed by atoms with E-state index in [0.29, 0.717) is 6.07 Å². The lowest BCUT2D eigenvalue weighted by molar-refractivity contribution is -0.305. The maximum absolute atomic E-state index is 13.2. The molecule has 0 heterocycles. The third kappa shape index (κ3) is 5.31. The molecule has 0 aromatic heterocycles. The number of nitrogens with one attached hydrogen (secondary N) is 1. The number of amides is 1. The molecule has 3 nitrogen and oxygen atoms in total. The fourth-order valence-electron chi connectivity index (χ4n) is 1.56. The maximum Gasteiger partial charge on any atom is 0.439 e. The summed E-state index contributed by atoms with van der Waals surface area (Å²) < 4.78 is 118. The average molecular weight is 404 g/mol. The monoisotopic (exact) mass is 403 g/mol. The van der Waals surface area contributed by atoms with Crippen LogP contribution >= 0.6 is 11.6 Å². The first-order chi connectivity index (χ1) is 11.1. The standard InChI is InChI=1S/C12H7ClF9NO2/c1-4(24)23-5-2-6(10(15,16)17)8(7(13)3-5)25-12(21,22)9(14)11(18,19)20/h2-3,9H,1H3,(H,23,24). The van der Waals surface area contributed by atoms with Crippen molar-refractivity contribution in [1.29, 1.82) is 0 Å². The van der Waals surface area contributed by atoms with Gasteiger partial charge in [0.25, 0.3) is 6.17 Å². The summed E-state index contributed by atoms with van der Waals surface area (Å²) in [7, 11) is 0. The number of hydrogen-bond acceptors (Lipinski definition) is 2. The van der Waals surface area contributed by atoms with Crippen molar-refractivity contribution in [3.8, 4) is 5.75 Å². The highest BCUT2D eigenvalue weighted by Crippen LogP contribution is 2.46. The number of carbonyl (C=O) groups is 1. The van der Waals surface area contributed by atoms with Gasteiger partial charge in [-0.05, 0) is 12.1 Å². The van der Waals surface area contributed by atoms with Crippen molar-refractivity contribution in [1.82, 2.24) is 0 Å². The van der Waals surface area contributed by atoms with Crippen LogP contribution in [0, 0.1) is 0 Å². The molecule has 0 aliphatic rings. The number of benzene rings is 1. The number of carbonyl (C=O) groups excluding carboxylic acids is 1. The second-order valence-corrected chi connectivity index (χ2v) is 4.99. The summed E-state index contributed by atoms with van der Waals surface area (Å²) >= 11 is 5.34. The van der Waals surface area contributed by atoms with Gasteiger partial charge in [-0.3, -0.25) is 4.79 Å². The van der Waals surface area contributed by atoms with E-state index in [2.05, 4.69) is 4.74 Å². The van der Waals surface area contributed by atoms with Crippen LogP contribution in [0.2, 0.25) is 5.02 Å². The number of anilines is 1. The van der Waals surface area contributed by atoms with E-state index >= 15 is 0 Å². The quantitative estimate of drug-likeness (QED) is 0.703. The Hall–Kier alpha value is -1.85. The third-order valence-corrected chi connectivity index (χ3v) is 2.77. The van der Waals surface area contributed by atoms with E-state index in [1.165, 1.54) is 0 Å². The molecular weight excluding hydrogens is 397 g/mol. The predicted molar refractivity (Wildman–Crippen MR) is 67.3 cm³/mol. The topological polar surface area (TPSA) is 38.3 Å². The summed E-state index contributed by atoms with van der Waals surface area (Å²) in [5.74, 6) is -2.76. The Bertz CT molecular complexity index is 657. The Balaban J connectivity index is 3.42. The van der Waals surface area contributed by atoms with Crippen molar-refractivity contribution >= 4 is 23.2 Å². The molecule has 1 aromatic rings. The lowest BCUT2D eigenvalue weighted by atomic mass is 10.1. The van der Waals surface area contributed by atoms with Gasteiger partial charge in [-0.2, -0.15) is 35.1 Å². The van der Waals surface area contributed by atoms with E-state index < -0.39 is 52.6 Å². The third-order valence-electron chi connectivity index (χ3n) is 2.49. The van der Waals surface area contributed by atoms with E-state index in [1.54, 1.807) is 0 Å². The van der Waals surface area contributed by atoms with Crippen molar-refractivity contribution in [2.75, 3.05) is 5.32 Å². The zero-order valence-corrected chi connectivity index (χ0v) is 12.6. The van der Waals surface area contributed by atoms with E-state index in [1.807, 2.05) is 5.32 Å². The van der Waals surface area contributed by atoms with Crippen LogP contribution in [0.1, 0.15) is 12.5 Å². The molecule has 0 aliphatic heterocycles. The van der Waals surface area contributed by atoms with E-state index in [-0.39, 0.29) is 6.07 Å². The first-order valence-corrected chi connectivity index (χ1v) is 6.39. The predicted octanol–water partition coefficient (Wildman–Crippen LogP) is 5.19. The number of rotatable bonds is 4. The Kier molecular flexibility index (Phi) is 5.77. The second kappa shape index (κ2) is 6.81. The van der Waals surface area contributed by atoms with Crippen molar-refractivity contribution in [3.63, 3.8) is 0 Å². The van der Waals surface area contributed by atoms with Gasteiger partial charge in [-0.25, -0.2) is 4.39 Å². The molecule has 0 fully saturated rings. The van der Waals surface area contributed by atoms with E-state index in [9.17, 15) is 44.3 Å². The highest BCUT2D eigenvalue weighted by atomic mass is 35.5. The van der Waals surface area contributed by atoms with Crippen LogP contribution in [0.5, 0.6) is 5.75 Å². The highest BCUT2D eigenvalue weighted by Gasteiger charge is 2.60. The number of hydrogen-bond donors (Lipinski definition) is 1. The molecule has 13 heteroatoms. The SMILES string of the molecule is CC(=O)Nc1cc(Cl)c(OC(F)(F)C(F)C(F)(F)F)c(C(F)(F)F)c1. The van der Waals surface area contributed by atoms with E-state index in [0.717, 1.165) is 6.92 Å². The van der Waals surface area contributed by atoms with Crippen LogP contribution in [-0.2, 0) is 11.0 Å². The van der Waals surface area contributed by atoms with Crippen LogP contribution < -0.4 is 10.1 Å². The minimum Gasteiger partial charge on any atom is -0.428 e. The van der Waals surface area contributed by atoms with Gasteiger partial charge in [0.1, 0.15) is 5.56 Å². The molecule has 0 saturated carbocycles. The van der Waals surface area contributed by atoms with Gasteiger partial charge in [0, 0.05) is 12.6 Å². The summed E-state index contributed by atoms with van der Waals surface area (Å²) in [6, 6.07) is 0.615. The Labute approximate surface area is 138 Å². The molecule has 1 N–H and O–H groups in total. The van der Waals surface area contributed by atoms with Gasteiger partial charge in [0.2, 0.25) is 5.91 Å². The average Bonchev–Trinajstić information content (AvgIpc) is 2.37. The van der Waals surface area contributed by atoms with Gasteiger partial charge in [0.15, 0.2) is 5.75 Å². The Morgan fingerprint density at radius 3 is 2.04 bits per heavy atom. The van der Waals surface area contributed by atoms with Gasteiger partial charge in [0.05, 0.1) is 5.02 Å². The highest BCUT2D eigenvalue weighted by molar-refractivity contribution is 6.32. The summed E-state index contributed by atoms with van der Waals surface area (Å²) in [6.07, 6.45) is -22.1. The molecule has 0 spiro atoms. The lowest BCUT2D eigenvalue weighted by Crippen LogP contribution is -2.46. The molecule has 0 aliphatic carbocycles. The zero-order chi connectivity index (χ0) is 19.8. The molecule has 0 radical (unpaired) electrons. The van der Waals surface area contributed by atoms with Crippen LogP contribution in [0.3, 0.4) is 0 Å². The smallest absolute Gasteiger partial charge is 0.428 e. The lowest BCUT2D eigenvalue weighted by Gasteiger charge is -2.25. The van der Waals surface area contributed by atoms with Crippen LogP contribution in [0.15, 0.2) is 12.1 Å². The number of alkyl halides is 9. The van der Waals surface area contributed by atoms with Crippen LogP contribution in [0.4, 0.5) is 45.2 Å². The second-order valence-electron chi connectivity index (χ2n) is 4.58. The van der Waals surface area contributed by atoms with Gasteiger partial charge in [-0.1, -0.05) is 11.6 Å². The maximum atomic E-state index is 13.2. The fourth-order valence-corrected chi connectivity index (χ4v) is 1.82. The van der Waals surface area contributed by atoms with Crippen LogP contribution in [0.25, 0.3) is 0 Å². The molecule has 0 saturated heterocycles. The van der Waals surface area contributed by atoms with Crippen molar-refractivity contribution in [2.45, 2.75) is 31.6 Å². The Morgan fingerprint density at radius 2 is 1.64 bits per heavy atom. The number of ether oxygens (including phenoxy) is 1. The summed E-state index contributed by atoms with van der Waals surface area (Å²) in [5.41, 5.74) is -2.62. The largest absolute Gasteiger partial charge is 0.439 e. The van der Waals surface area contributed by atoms with Gasteiger partial charge in [-0.15, -0.1) is 0 Å². The van der Waals surface area contributed by atoms with Crippen molar-refractivity contribution in [2.24, 2.45) is 0 Å². The normalized spacial score (nSPS) is 14.2. The first kappa shape index (κ1) is 21.2. The molecule has 1 amide bonds. The van der Waals surface area contributed by atoms with Crippen molar-refractivity contribution < 1.29 is 49.0 Å². The van der Waals surface area contributed by atoms with Crippen LogP contribution in [-0.4, -0.2) is 24.4 Å². The molecule has 1 unspecified atom stereocenters.